The van der Waals surface area contributed by atoms with Gasteiger partial charge in [0.2, 0.25) is 0 Å². The Kier molecular flexibility index (Phi) is 3.39. The van der Waals surface area contributed by atoms with E-state index in [4.69, 9.17) is 0 Å². The largest absolute Gasteiger partial charge is 0.313 e. The maximum atomic E-state index is 4.62. The number of fused-ring (bicyclic) bond motifs is 1. The normalized spacial score (nSPS) is 12.3. The van der Waals surface area contributed by atoms with Gasteiger partial charge in [-0.2, -0.15) is 5.10 Å². The summed E-state index contributed by atoms with van der Waals surface area (Å²) in [7, 11) is 1.95. The lowest BCUT2D eigenvalue weighted by molar-refractivity contribution is 0.558. The van der Waals surface area contributed by atoms with Crippen LogP contribution in [0.25, 0.3) is 11.0 Å². The number of pyridine rings is 1. The molecule has 18 heavy (non-hydrogen) atoms. The molecule has 0 aliphatic rings. The number of nitrogens with one attached hydrogen (secondary N) is 1. The summed E-state index contributed by atoms with van der Waals surface area (Å²) in [4.78, 5) is 4.53. The van der Waals surface area contributed by atoms with E-state index in [1.807, 2.05) is 17.9 Å². The van der Waals surface area contributed by atoms with Crippen LogP contribution in [0.3, 0.4) is 0 Å². The monoisotopic (exact) mass is 246 g/mol. The van der Waals surface area contributed by atoms with E-state index in [9.17, 15) is 0 Å². The zero-order valence-corrected chi connectivity index (χ0v) is 11.9. The van der Waals surface area contributed by atoms with Crippen molar-refractivity contribution in [2.24, 2.45) is 7.05 Å². The number of aromatic nitrogens is 3. The lowest BCUT2D eigenvalue weighted by Crippen LogP contribution is -2.13. The first-order valence-corrected chi connectivity index (χ1v) is 6.46. The Bertz CT molecular complexity index is 549. The van der Waals surface area contributed by atoms with Gasteiger partial charge in [0.25, 0.3) is 0 Å². The molecule has 2 heterocycles. The van der Waals surface area contributed by atoms with Crippen LogP contribution in [0.5, 0.6) is 0 Å². The van der Waals surface area contributed by atoms with Gasteiger partial charge in [0.1, 0.15) is 0 Å². The molecule has 98 valence electrons. The molecule has 0 fully saturated rings. The highest BCUT2D eigenvalue weighted by atomic mass is 15.3. The number of nitrogens with zero attached hydrogens (tertiary/aromatic N) is 3. The standard InChI is InChI=1S/C14H22N4/c1-6-15-8-10-7-11-12(14(2,3)4)17-18(5)13(11)16-9-10/h7,9,15H,6,8H2,1-5H3. The molecule has 0 spiro atoms. The zero-order chi connectivity index (χ0) is 13.3. The minimum absolute atomic E-state index is 0.0397. The van der Waals surface area contributed by atoms with Crippen molar-refractivity contribution >= 4 is 11.0 Å². The van der Waals surface area contributed by atoms with Crippen molar-refractivity contribution < 1.29 is 0 Å². The van der Waals surface area contributed by atoms with Gasteiger partial charge in [-0.15, -0.1) is 0 Å². The molecule has 0 saturated carbocycles. The van der Waals surface area contributed by atoms with Crippen molar-refractivity contribution in [1.82, 2.24) is 20.1 Å². The van der Waals surface area contributed by atoms with E-state index in [2.05, 4.69) is 49.2 Å². The van der Waals surface area contributed by atoms with Crippen LogP contribution in [0.4, 0.5) is 0 Å². The molecule has 0 radical (unpaired) electrons. The number of aryl methyl sites for hydroxylation is 1. The van der Waals surface area contributed by atoms with Crippen molar-refractivity contribution in [3.05, 3.63) is 23.5 Å². The Morgan fingerprint density at radius 2 is 2.06 bits per heavy atom. The number of hydrogen-bond acceptors (Lipinski definition) is 3. The van der Waals surface area contributed by atoms with Gasteiger partial charge < -0.3 is 5.32 Å². The quantitative estimate of drug-likeness (QED) is 0.904. The molecular weight excluding hydrogens is 224 g/mol. The van der Waals surface area contributed by atoms with Crippen LogP contribution < -0.4 is 5.32 Å². The molecule has 0 aliphatic heterocycles. The topological polar surface area (TPSA) is 42.7 Å². The van der Waals surface area contributed by atoms with E-state index in [1.165, 1.54) is 10.9 Å². The summed E-state index contributed by atoms with van der Waals surface area (Å²) in [6.45, 7) is 10.5. The van der Waals surface area contributed by atoms with Crippen LogP contribution in [0.1, 0.15) is 39.0 Å². The third kappa shape index (κ3) is 2.38. The van der Waals surface area contributed by atoms with Crippen LogP contribution >= 0.6 is 0 Å². The third-order valence-corrected chi connectivity index (χ3v) is 3.02. The van der Waals surface area contributed by atoms with Gasteiger partial charge >= 0.3 is 0 Å². The van der Waals surface area contributed by atoms with Gasteiger partial charge in [-0.05, 0) is 18.2 Å². The average molecular weight is 246 g/mol. The first-order chi connectivity index (χ1) is 8.43. The van der Waals surface area contributed by atoms with Crippen molar-refractivity contribution in [3.8, 4) is 0 Å². The molecule has 4 heteroatoms. The van der Waals surface area contributed by atoms with Gasteiger partial charge in [0, 0.05) is 30.6 Å². The molecule has 0 amide bonds. The lowest BCUT2D eigenvalue weighted by atomic mass is 9.90. The van der Waals surface area contributed by atoms with E-state index in [-0.39, 0.29) is 5.41 Å². The van der Waals surface area contributed by atoms with Gasteiger partial charge in [-0.3, -0.25) is 4.68 Å². The van der Waals surface area contributed by atoms with Crippen LogP contribution in [-0.2, 0) is 19.0 Å². The SMILES string of the molecule is CCNCc1cnc2c(c1)c(C(C)(C)C)nn2C. The highest BCUT2D eigenvalue weighted by Gasteiger charge is 2.22. The molecule has 1 N–H and O–H groups in total. The summed E-state index contributed by atoms with van der Waals surface area (Å²) >= 11 is 0. The maximum Gasteiger partial charge on any atom is 0.157 e. The lowest BCUT2D eigenvalue weighted by Gasteiger charge is -2.15. The molecule has 2 aromatic rings. The fraction of sp³-hybridized carbons (Fsp3) is 0.571. The molecule has 0 aliphatic carbocycles. The Balaban J connectivity index is 2.52. The Hall–Kier alpha value is -1.42. The van der Waals surface area contributed by atoms with E-state index in [0.717, 1.165) is 24.4 Å². The first kappa shape index (κ1) is 13.0. The molecule has 2 aromatic heterocycles. The number of hydrogen-bond donors (Lipinski definition) is 1. The average Bonchev–Trinajstić information content (AvgIpc) is 2.64. The third-order valence-electron chi connectivity index (χ3n) is 3.02. The summed E-state index contributed by atoms with van der Waals surface area (Å²) in [5.41, 5.74) is 3.33. The fourth-order valence-corrected chi connectivity index (χ4v) is 2.10. The first-order valence-electron chi connectivity index (χ1n) is 6.46. The summed E-state index contributed by atoms with van der Waals surface area (Å²) < 4.78 is 1.87. The predicted molar refractivity (Wildman–Crippen MR) is 74.6 cm³/mol. The zero-order valence-electron chi connectivity index (χ0n) is 11.9. The molecule has 0 bridgehead atoms. The smallest absolute Gasteiger partial charge is 0.157 e. The van der Waals surface area contributed by atoms with E-state index in [1.54, 1.807) is 0 Å². The second kappa shape index (κ2) is 4.69. The van der Waals surface area contributed by atoms with E-state index >= 15 is 0 Å². The summed E-state index contributed by atoms with van der Waals surface area (Å²) in [6.07, 6.45) is 1.93. The minimum atomic E-state index is 0.0397. The van der Waals surface area contributed by atoms with Crippen molar-refractivity contribution in [2.45, 2.75) is 39.7 Å². The Morgan fingerprint density at radius 3 is 2.67 bits per heavy atom. The van der Waals surface area contributed by atoms with Gasteiger partial charge in [0.05, 0.1) is 5.69 Å². The fourth-order valence-electron chi connectivity index (χ4n) is 2.10. The molecule has 0 atom stereocenters. The minimum Gasteiger partial charge on any atom is -0.313 e. The Labute approximate surface area is 108 Å². The predicted octanol–water partition coefficient (Wildman–Crippen LogP) is 2.38. The summed E-state index contributed by atoms with van der Waals surface area (Å²) in [5.74, 6) is 0. The van der Waals surface area contributed by atoms with Gasteiger partial charge in [-0.1, -0.05) is 27.7 Å². The molecule has 0 saturated heterocycles. The highest BCUT2D eigenvalue weighted by molar-refractivity contribution is 5.79. The van der Waals surface area contributed by atoms with Crippen LogP contribution in [0.15, 0.2) is 12.3 Å². The maximum absolute atomic E-state index is 4.62. The van der Waals surface area contributed by atoms with Crippen molar-refractivity contribution in [3.63, 3.8) is 0 Å². The Morgan fingerprint density at radius 1 is 1.33 bits per heavy atom. The molecular formula is C14H22N4. The van der Waals surface area contributed by atoms with E-state index < -0.39 is 0 Å². The molecule has 0 aromatic carbocycles. The van der Waals surface area contributed by atoms with Crippen LogP contribution in [0, 0.1) is 0 Å². The summed E-state index contributed by atoms with van der Waals surface area (Å²) in [6, 6.07) is 2.21. The van der Waals surface area contributed by atoms with Gasteiger partial charge in [-0.25, -0.2) is 4.98 Å². The summed E-state index contributed by atoms with van der Waals surface area (Å²) in [5, 5.41) is 9.11. The van der Waals surface area contributed by atoms with E-state index in [0.29, 0.717) is 0 Å². The van der Waals surface area contributed by atoms with Crippen molar-refractivity contribution in [1.29, 1.82) is 0 Å². The molecule has 2 rings (SSSR count). The number of rotatable bonds is 3. The van der Waals surface area contributed by atoms with Crippen LogP contribution in [0.2, 0.25) is 0 Å². The van der Waals surface area contributed by atoms with Gasteiger partial charge in [0.15, 0.2) is 5.65 Å². The highest BCUT2D eigenvalue weighted by Crippen LogP contribution is 2.28. The van der Waals surface area contributed by atoms with Crippen molar-refractivity contribution in [2.75, 3.05) is 6.54 Å². The molecule has 4 nitrogen and oxygen atoms in total. The second-order valence-electron chi connectivity index (χ2n) is 5.72. The second-order valence-corrected chi connectivity index (χ2v) is 5.72. The molecule has 0 unspecified atom stereocenters. The van der Waals surface area contributed by atoms with Crippen LogP contribution in [-0.4, -0.2) is 21.3 Å².